The lowest BCUT2D eigenvalue weighted by Gasteiger charge is -2.29. The van der Waals surface area contributed by atoms with Crippen LogP contribution in [0.2, 0.25) is 0 Å². The first-order valence-corrected chi connectivity index (χ1v) is 7.27. The molecular formula is C14H23NO6. The van der Waals surface area contributed by atoms with Crippen LogP contribution in [-0.4, -0.2) is 54.7 Å². The van der Waals surface area contributed by atoms with E-state index in [1.54, 1.807) is 0 Å². The smallest absolute Gasteiger partial charge is 0.217 e. The fourth-order valence-electron chi connectivity index (χ4n) is 3.13. The predicted molar refractivity (Wildman–Crippen MR) is 71.2 cm³/mol. The summed E-state index contributed by atoms with van der Waals surface area (Å²) in [5.41, 5.74) is 0. The van der Waals surface area contributed by atoms with Crippen molar-refractivity contribution in [3.8, 4) is 0 Å². The summed E-state index contributed by atoms with van der Waals surface area (Å²) in [5.74, 6) is -1.50. The summed E-state index contributed by atoms with van der Waals surface area (Å²) in [6, 6.07) is -0.322. The lowest BCUT2D eigenvalue weighted by molar-refractivity contribution is -0.223. The Balaban J connectivity index is 1.77. The summed E-state index contributed by atoms with van der Waals surface area (Å²) in [4.78, 5) is 11.5. The van der Waals surface area contributed by atoms with Gasteiger partial charge in [-0.2, -0.15) is 0 Å². The zero-order valence-corrected chi connectivity index (χ0v) is 13.0. The first-order valence-electron chi connectivity index (χ1n) is 7.27. The number of carbonyl (C=O) groups excluding carboxylic acids is 1. The normalized spacial score (nSPS) is 43.8. The van der Waals surface area contributed by atoms with Gasteiger partial charge in [0, 0.05) is 6.92 Å². The molecule has 1 N–H and O–H groups in total. The third kappa shape index (κ3) is 2.93. The molecule has 3 aliphatic heterocycles. The number of rotatable bonds is 2. The lowest BCUT2D eigenvalue weighted by atomic mass is 10.0. The standard InChI is InChI=1S/C14H23NO6/c1-7(16)15-9-10(8-6-17-13(2,3)19-8)18-12-11(9)20-14(4,5)21-12/h8-12H,6H2,1-5H3,(H,15,16)/t8?,9-,10-,11-,12-/m1/s1. The van der Waals surface area contributed by atoms with E-state index in [0.29, 0.717) is 6.61 Å². The van der Waals surface area contributed by atoms with Gasteiger partial charge in [0.15, 0.2) is 17.9 Å². The summed E-state index contributed by atoms with van der Waals surface area (Å²) in [6.45, 7) is 9.25. The minimum Gasteiger partial charge on any atom is -0.348 e. The van der Waals surface area contributed by atoms with Crippen LogP contribution in [0.25, 0.3) is 0 Å². The van der Waals surface area contributed by atoms with Gasteiger partial charge in [-0.3, -0.25) is 4.79 Å². The number of nitrogens with one attached hydrogen (secondary N) is 1. The summed E-state index contributed by atoms with van der Waals surface area (Å²) in [5, 5.41) is 2.90. The van der Waals surface area contributed by atoms with Crippen molar-refractivity contribution in [2.45, 2.75) is 76.8 Å². The summed E-state index contributed by atoms with van der Waals surface area (Å²) in [6.07, 6.45) is -1.48. The average Bonchev–Trinajstić information content (AvgIpc) is 2.90. The molecule has 21 heavy (non-hydrogen) atoms. The zero-order valence-electron chi connectivity index (χ0n) is 13.0. The lowest BCUT2D eigenvalue weighted by Crippen LogP contribution is -2.52. The van der Waals surface area contributed by atoms with Crippen LogP contribution < -0.4 is 5.32 Å². The molecule has 3 heterocycles. The molecule has 5 atom stereocenters. The summed E-state index contributed by atoms with van der Waals surface area (Å²) in [7, 11) is 0. The SMILES string of the molecule is CC(=O)N[C@H]1[C@H]2OC(C)(C)O[C@H]2O[C@@H]1C1COC(C)(C)O1. The van der Waals surface area contributed by atoms with Crippen molar-refractivity contribution in [1.82, 2.24) is 5.32 Å². The minimum absolute atomic E-state index is 0.138. The second-order valence-electron chi connectivity index (χ2n) is 6.66. The molecule has 0 bridgehead atoms. The fraction of sp³-hybridized carbons (Fsp3) is 0.929. The maximum absolute atomic E-state index is 11.5. The van der Waals surface area contributed by atoms with Gasteiger partial charge < -0.3 is 29.0 Å². The Morgan fingerprint density at radius 3 is 2.33 bits per heavy atom. The average molecular weight is 301 g/mol. The number of hydrogen-bond donors (Lipinski definition) is 1. The van der Waals surface area contributed by atoms with E-state index in [0.717, 1.165) is 0 Å². The molecule has 0 aromatic carbocycles. The van der Waals surface area contributed by atoms with Gasteiger partial charge in [0.1, 0.15) is 18.3 Å². The van der Waals surface area contributed by atoms with Gasteiger partial charge in [-0.25, -0.2) is 0 Å². The van der Waals surface area contributed by atoms with E-state index in [2.05, 4.69) is 5.32 Å². The van der Waals surface area contributed by atoms with E-state index in [9.17, 15) is 4.79 Å². The highest BCUT2D eigenvalue weighted by atomic mass is 16.8. The number of fused-ring (bicyclic) bond motifs is 1. The van der Waals surface area contributed by atoms with E-state index in [4.69, 9.17) is 23.7 Å². The zero-order chi connectivity index (χ0) is 15.4. The van der Waals surface area contributed by atoms with Gasteiger partial charge in [0.05, 0.1) is 12.6 Å². The van der Waals surface area contributed by atoms with Gasteiger partial charge in [-0.05, 0) is 27.7 Å². The Labute approximate surface area is 124 Å². The molecule has 3 rings (SSSR count). The molecule has 3 aliphatic rings. The number of amides is 1. The summed E-state index contributed by atoms with van der Waals surface area (Å²) < 4.78 is 29.0. The maximum Gasteiger partial charge on any atom is 0.217 e. The van der Waals surface area contributed by atoms with Gasteiger partial charge in [-0.1, -0.05) is 0 Å². The largest absolute Gasteiger partial charge is 0.348 e. The van der Waals surface area contributed by atoms with Crippen molar-refractivity contribution in [2.24, 2.45) is 0 Å². The van der Waals surface area contributed by atoms with Crippen molar-refractivity contribution in [2.75, 3.05) is 6.61 Å². The van der Waals surface area contributed by atoms with Crippen LogP contribution in [0.3, 0.4) is 0 Å². The fourth-order valence-corrected chi connectivity index (χ4v) is 3.13. The molecule has 0 aliphatic carbocycles. The highest BCUT2D eigenvalue weighted by Gasteiger charge is 2.58. The van der Waals surface area contributed by atoms with E-state index < -0.39 is 17.9 Å². The van der Waals surface area contributed by atoms with Crippen LogP contribution in [0.5, 0.6) is 0 Å². The van der Waals surface area contributed by atoms with Crippen molar-refractivity contribution < 1.29 is 28.5 Å². The quantitative estimate of drug-likeness (QED) is 0.801. The molecule has 0 aromatic rings. The van der Waals surface area contributed by atoms with Gasteiger partial charge in [-0.15, -0.1) is 0 Å². The Morgan fingerprint density at radius 2 is 1.76 bits per heavy atom. The predicted octanol–water partition coefficient (Wildman–Crippen LogP) is 0.519. The van der Waals surface area contributed by atoms with Crippen LogP contribution in [-0.2, 0) is 28.5 Å². The Bertz CT molecular complexity index is 437. The number of hydrogen-bond acceptors (Lipinski definition) is 6. The van der Waals surface area contributed by atoms with Gasteiger partial charge >= 0.3 is 0 Å². The molecule has 7 nitrogen and oxygen atoms in total. The van der Waals surface area contributed by atoms with Crippen molar-refractivity contribution in [3.63, 3.8) is 0 Å². The van der Waals surface area contributed by atoms with E-state index in [-0.39, 0.29) is 30.3 Å². The topological polar surface area (TPSA) is 75.3 Å². The Hall–Kier alpha value is -0.730. The molecule has 0 aromatic heterocycles. The summed E-state index contributed by atoms with van der Waals surface area (Å²) >= 11 is 0. The maximum atomic E-state index is 11.5. The first-order chi connectivity index (χ1) is 9.67. The second kappa shape index (κ2) is 4.89. The van der Waals surface area contributed by atoms with E-state index in [1.807, 2.05) is 27.7 Å². The highest BCUT2D eigenvalue weighted by molar-refractivity contribution is 5.73. The van der Waals surface area contributed by atoms with Crippen LogP contribution in [0.15, 0.2) is 0 Å². The molecule has 0 radical (unpaired) electrons. The molecule has 7 heteroatoms. The van der Waals surface area contributed by atoms with Crippen LogP contribution in [0.1, 0.15) is 34.6 Å². The first kappa shape index (κ1) is 15.2. The highest BCUT2D eigenvalue weighted by Crippen LogP contribution is 2.40. The van der Waals surface area contributed by atoms with Crippen LogP contribution in [0, 0.1) is 0 Å². The molecule has 0 spiro atoms. The Kier molecular flexibility index (Phi) is 3.53. The molecule has 3 saturated heterocycles. The van der Waals surface area contributed by atoms with Gasteiger partial charge in [0.25, 0.3) is 0 Å². The molecule has 1 amide bonds. The molecule has 0 saturated carbocycles. The molecule has 1 unspecified atom stereocenters. The number of carbonyl (C=O) groups is 1. The van der Waals surface area contributed by atoms with Gasteiger partial charge in [0.2, 0.25) is 5.91 Å². The van der Waals surface area contributed by atoms with Crippen molar-refractivity contribution >= 4 is 5.91 Å². The van der Waals surface area contributed by atoms with Crippen molar-refractivity contribution in [3.05, 3.63) is 0 Å². The molecule has 120 valence electrons. The monoisotopic (exact) mass is 301 g/mol. The van der Waals surface area contributed by atoms with E-state index >= 15 is 0 Å². The minimum atomic E-state index is -0.719. The molecular weight excluding hydrogens is 278 g/mol. The Morgan fingerprint density at radius 1 is 1.05 bits per heavy atom. The van der Waals surface area contributed by atoms with E-state index in [1.165, 1.54) is 6.92 Å². The second-order valence-corrected chi connectivity index (χ2v) is 6.66. The molecule has 3 fully saturated rings. The third-order valence-corrected chi connectivity index (χ3v) is 3.85. The van der Waals surface area contributed by atoms with Crippen LogP contribution in [0.4, 0.5) is 0 Å². The third-order valence-electron chi connectivity index (χ3n) is 3.85. The number of ether oxygens (including phenoxy) is 5. The van der Waals surface area contributed by atoms with Crippen LogP contribution >= 0.6 is 0 Å². The van der Waals surface area contributed by atoms with Crippen molar-refractivity contribution in [1.29, 1.82) is 0 Å².